The molecule has 0 aromatic carbocycles. The molecule has 1 aliphatic rings. The fraction of sp³-hybridized carbons (Fsp3) is 0.760. The summed E-state index contributed by atoms with van der Waals surface area (Å²) in [6, 6.07) is 0. The predicted molar refractivity (Wildman–Crippen MR) is 122 cm³/mol. The van der Waals surface area contributed by atoms with Gasteiger partial charge in [-0.1, -0.05) is 46.1 Å². The van der Waals surface area contributed by atoms with Crippen LogP contribution in [-0.4, -0.2) is 14.0 Å². The van der Waals surface area contributed by atoms with E-state index >= 15 is 0 Å². The third kappa shape index (κ3) is 9.31. The van der Waals surface area contributed by atoms with Crippen LogP contribution in [0.2, 0.25) is 19.6 Å². The van der Waals surface area contributed by atoms with E-state index < -0.39 is 13.5 Å². The van der Waals surface area contributed by atoms with Crippen LogP contribution in [0, 0.1) is 34.1 Å². The van der Waals surface area contributed by atoms with Gasteiger partial charge >= 0.3 is 5.97 Å². The quantitative estimate of drug-likeness (QED) is 0.125. The van der Waals surface area contributed by atoms with Crippen LogP contribution >= 0.6 is 0 Å². The summed E-state index contributed by atoms with van der Waals surface area (Å²) >= 11 is 0. The highest BCUT2D eigenvalue weighted by molar-refractivity contribution is 6.83. The number of carbonyl (C=O) groups excluding carboxylic acids is 1. The molecule has 0 spiro atoms. The minimum atomic E-state index is -1.27. The highest BCUT2D eigenvalue weighted by atomic mass is 28.3. The van der Waals surface area contributed by atoms with Gasteiger partial charge in [0.2, 0.25) is 0 Å². The van der Waals surface area contributed by atoms with Gasteiger partial charge in [0.15, 0.2) is 0 Å². The lowest BCUT2D eigenvalue weighted by atomic mass is 9.67. The van der Waals surface area contributed by atoms with E-state index in [0.29, 0.717) is 11.3 Å². The molecule has 1 aliphatic carbocycles. The monoisotopic (exact) mass is 402 g/mol. The Hall–Kier alpha value is -1.23. The Morgan fingerprint density at radius 2 is 1.82 bits per heavy atom. The molecule has 0 amide bonds. The molecule has 1 fully saturated rings. The maximum Gasteiger partial charge on any atom is 0.316 e. The maximum absolute atomic E-state index is 12.0. The van der Waals surface area contributed by atoms with E-state index in [1.165, 1.54) is 24.7 Å². The first-order chi connectivity index (χ1) is 12.7. The molecule has 0 unspecified atom stereocenters. The Balaban J connectivity index is 2.83. The lowest BCUT2D eigenvalue weighted by Crippen LogP contribution is -2.28. The van der Waals surface area contributed by atoms with Crippen molar-refractivity contribution in [3.63, 3.8) is 0 Å². The summed E-state index contributed by atoms with van der Waals surface area (Å²) in [7, 11) is -1.27. The SMILES string of the molecule is CC(C)(C)C(=O)OC=C=C1CC[C@H](C(C)(C)C)C[C@@H]1CCCC#C[Si](C)(C)C. The van der Waals surface area contributed by atoms with Gasteiger partial charge in [0, 0.05) is 6.42 Å². The van der Waals surface area contributed by atoms with Crippen molar-refractivity contribution in [3.8, 4) is 11.5 Å². The van der Waals surface area contributed by atoms with Crippen LogP contribution in [0.1, 0.15) is 80.1 Å². The lowest BCUT2D eigenvalue weighted by molar-refractivity contribution is -0.146. The van der Waals surface area contributed by atoms with Crippen LogP contribution in [0.3, 0.4) is 0 Å². The number of hydrogen-bond acceptors (Lipinski definition) is 2. The van der Waals surface area contributed by atoms with Crippen molar-refractivity contribution in [1.29, 1.82) is 0 Å². The number of esters is 1. The highest BCUT2D eigenvalue weighted by Crippen LogP contribution is 2.43. The van der Waals surface area contributed by atoms with Crippen molar-refractivity contribution in [2.45, 2.75) is 99.7 Å². The molecule has 158 valence electrons. The summed E-state index contributed by atoms with van der Waals surface area (Å²) in [5, 5.41) is 0. The van der Waals surface area contributed by atoms with Crippen LogP contribution < -0.4 is 0 Å². The summed E-state index contributed by atoms with van der Waals surface area (Å²) in [5.74, 6) is 4.45. The molecule has 0 saturated heterocycles. The summed E-state index contributed by atoms with van der Waals surface area (Å²) in [4.78, 5) is 12.0. The number of unbranched alkanes of at least 4 members (excludes halogenated alkanes) is 1. The zero-order chi connectivity index (χ0) is 21.6. The molecule has 0 bridgehead atoms. The van der Waals surface area contributed by atoms with Crippen LogP contribution in [0.4, 0.5) is 0 Å². The van der Waals surface area contributed by atoms with E-state index in [2.05, 4.69) is 57.6 Å². The molecule has 0 heterocycles. The molecule has 1 saturated carbocycles. The number of allylic oxidation sites excluding steroid dienone is 1. The van der Waals surface area contributed by atoms with E-state index in [1.54, 1.807) is 0 Å². The molecular weight excluding hydrogens is 360 g/mol. The van der Waals surface area contributed by atoms with Crippen LogP contribution in [0.25, 0.3) is 0 Å². The van der Waals surface area contributed by atoms with Gasteiger partial charge in [-0.05, 0) is 75.7 Å². The molecule has 0 aromatic heterocycles. The van der Waals surface area contributed by atoms with E-state index in [1.807, 2.05) is 20.8 Å². The third-order valence-electron chi connectivity index (χ3n) is 5.39. The predicted octanol–water partition coefficient (Wildman–Crippen LogP) is 7.13. The van der Waals surface area contributed by atoms with E-state index in [-0.39, 0.29) is 5.97 Å². The minimum Gasteiger partial charge on any atom is -0.426 e. The Morgan fingerprint density at radius 1 is 1.18 bits per heavy atom. The first kappa shape index (κ1) is 24.8. The van der Waals surface area contributed by atoms with Crippen molar-refractivity contribution in [2.24, 2.45) is 22.7 Å². The van der Waals surface area contributed by atoms with E-state index in [4.69, 9.17) is 4.74 Å². The molecule has 0 radical (unpaired) electrons. The molecule has 0 aliphatic heterocycles. The molecule has 2 nitrogen and oxygen atoms in total. The number of hydrogen-bond donors (Lipinski definition) is 0. The molecule has 1 rings (SSSR count). The molecule has 0 aromatic rings. The fourth-order valence-electron chi connectivity index (χ4n) is 3.51. The normalized spacial score (nSPS) is 20.7. The average molecular weight is 403 g/mol. The van der Waals surface area contributed by atoms with Gasteiger partial charge in [0.05, 0.1) is 5.41 Å². The van der Waals surface area contributed by atoms with Crippen LogP contribution in [0.5, 0.6) is 0 Å². The smallest absolute Gasteiger partial charge is 0.316 e. The van der Waals surface area contributed by atoms with Gasteiger partial charge in [0.25, 0.3) is 0 Å². The Morgan fingerprint density at radius 3 is 2.36 bits per heavy atom. The van der Waals surface area contributed by atoms with Crippen molar-refractivity contribution in [1.82, 2.24) is 0 Å². The zero-order valence-corrected chi connectivity index (χ0v) is 20.8. The third-order valence-corrected chi connectivity index (χ3v) is 6.32. The lowest BCUT2D eigenvalue weighted by Gasteiger charge is -2.38. The molecule has 3 heteroatoms. The Kier molecular flexibility index (Phi) is 8.85. The second kappa shape index (κ2) is 9.99. The summed E-state index contributed by atoms with van der Waals surface area (Å²) in [6.07, 6.45) is 8.21. The average Bonchev–Trinajstić information content (AvgIpc) is 2.52. The molecule has 2 atom stereocenters. The first-order valence-electron chi connectivity index (χ1n) is 10.9. The van der Waals surface area contributed by atoms with Gasteiger partial charge in [-0.15, -0.1) is 11.5 Å². The minimum absolute atomic E-state index is 0.206. The van der Waals surface area contributed by atoms with Gasteiger partial charge in [-0.25, -0.2) is 0 Å². The van der Waals surface area contributed by atoms with Gasteiger partial charge in [-0.2, -0.15) is 0 Å². The van der Waals surface area contributed by atoms with Crippen LogP contribution in [-0.2, 0) is 9.53 Å². The van der Waals surface area contributed by atoms with E-state index in [0.717, 1.165) is 31.6 Å². The Labute approximate surface area is 175 Å². The van der Waals surface area contributed by atoms with Crippen LogP contribution in [0.15, 0.2) is 17.6 Å². The summed E-state index contributed by atoms with van der Waals surface area (Å²) in [6.45, 7) is 19.5. The highest BCUT2D eigenvalue weighted by Gasteiger charge is 2.32. The number of carbonyl (C=O) groups is 1. The Bertz CT molecular complexity index is 650. The molecule has 28 heavy (non-hydrogen) atoms. The number of ether oxygens (including phenoxy) is 1. The van der Waals surface area contributed by atoms with Crippen molar-refractivity contribution < 1.29 is 9.53 Å². The summed E-state index contributed by atoms with van der Waals surface area (Å²) in [5.41, 5.74) is 7.97. The zero-order valence-electron chi connectivity index (χ0n) is 19.8. The standard InChI is InChI=1S/C25H42O2Si/c1-24(2,3)22-15-14-20(16-17-27-23(26)25(4,5)6)21(19-22)13-11-10-12-18-28(7,8)9/h17,21-22H,10-11,13-15,19H2,1-9H3/t16?,21-,22-/m0/s1. The second-order valence-electron chi connectivity index (χ2n) is 11.4. The van der Waals surface area contributed by atoms with Crippen molar-refractivity contribution >= 4 is 14.0 Å². The largest absolute Gasteiger partial charge is 0.426 e. The van der Waals surface area contributed by atoms with Gasteiger partial charge in [-0.3, -0.25) is 4.79 Å². The van der Waals surface area contributed by atoms with E-state index in [9.17, 15) is 4.79 Å². The summed E-state index contributed by atoms with van der Waals surface area (Å²) < 4.78 is 5.32. The second-order valence-corrected chi connectivity index (χ2v) is 16.2. The molecular formula is C25H42O2Si. The molecule has 0 N–H and O–H groups in total. The van der Waals surface area contributed by atoms with Gasteiger partial charge < -0.3 is 4.74 Å². The van der Waals surface area contributed by atoms with Gasteiger partial charge in [0.1, 0.15) is 14.3 Å². The van der Waals surface area contributed by atoms with Crippen molar-refractivity contribution in [3.05, 3.63) is 17.6 Å². The number of rotatable bonds is 4. The van der Waals surface area contributed by atoms with Crippen molar-refractivity contribution in [2.75, 3.05) is 0 Å². The topological polar surface area (TPSA) is 26.3 Å². The first-order valence-corrected chi connectivity index (χ1v) is 14.4. The fourth-order valence-corrected chi connectivity index (χ4v) is 4.16. The maximum atomic E-state index is 12.0.